The van der Waals surface area contributed by atoms with Crippen molar-refractivity contribution in [1.82, 2.24) is 20.9 Å². The zero-order chi connectivity index (χ0) is 13.5. The molecule has 2 atom stereocenters. The Hall–Kier alpha value is -1.67. The van der Waals surface area contributed by atoms with E-state index in [-0.39, 0.29) is 18.4 Å². The van der Waals surface area contributed by atoms with Gasteiger partial charge in [0.25, 0.3) is 11.8 Å². The van der Waals surface area contributed by atoms with Gasteiger partial charge in [-0.05, 0) is 6.42 Å². The number of amides is 4. The Labute approximate surface area is 109 Å². The summed E-state index contributed by atoms with van der Waals surface area (Å²) in [6, 6.07) is -0.491. The minimum absolute atomic E-state index is 0.127. The van der Waals surface area contributed by atoms with Crippen LogP contribution in [0.5, 0.6) is 0 Å². The van der Waals surface area contributed by atoms with Crippen LogP contribution in [0.25, 0.3) is 0 Å². The second-order valence-corrected chi connectivity index (χ2v) is 5.06. The number of ether oxygens (including phenoxy) is 1. The average molecular weight is 268 g/mol. The van der Waals surface area contributed by atoms with Crippen molar-refractivity contribution in [3.05, 3.63) is 0 Å². The van der Waals surface area contributed by atoms with Gasteiger partial charge in [0.15, 0.2) is 0 Å². The quantitative estimate of drug-likeness (QED) is 0.468. The number of hydrogen-bond acceptors (Lipinski definition) is 5. The van der Waals surface area contributed by atoms with Gasteiger partial charge < -0.3 is 20.3 Å². The molecule has 19 heavy (non-hydrogen) atoms. The van der Waals surface area contributed by atoms with Crippen LogP contribution >= 0.6 is 0 Å². The molecule has 4 amide bonds. The van der Waals surface area contributed by atoms with Gasteiger partial charge in [0.05, 0.1) is 13.2 Å². The monoisotopic (exact) mass is 268 g/mol. The second kappa shape index (κ2) is 4.46. The number of urea groups is 1. The Bertz CT molecular complexity index is 434. The maximum absolute atomic E-state index is 12.2. The summed E-state index contributed by atoms with van der Waals surface area (Å²) >= 11 is 0. The van der Waals surface area contributed by atoms with E-state index in [0.29, 0.717) is 26.1 Å². The molecule has 3 saturated heterocycles. The third-order valence-corrected chi connectivity index (χ3v) is 3.80. The fraction of sp³-hybridized carbons (Fsp3) is 0.727. The fourth-order valence-corrected chi connectivity index (χ4v) is 2.74. The van der Waals surface area contributed by atoms with Crippen molar-refractivity contribution >= 4 is 17.8 Å². The molecular weight excluding hydrogens is 252 g/mol. The van der Waals surface area contributed by atoms with Crippen LogP contribution in [0.3, 0.4) is 0 Å². The molecule has 0 aromatic heterocycles. The SMILES string of the molecule is O=C1NC(=O)C2(CCN(C(=O)C3CNCCO3)C2)N1. The summed E-state index contributed by atoms with van der Waals surface area (Å²) < 4.78 is 5.41. The van der Waals surface area contributed by atoms with Crippen molar-refractivity contribution in [2.24, 2.45) is 0 Å². The lowest BCUT2D eigenvalue weighted by molar-refractivity contribution is -0.144. The molecule has 8 nitrogen and oxygen atoms in total. The Morgan fingerprint density at radius 3 is 2.89 bits per heavy atom. The number of morpholine rings is 1. The van der Waals surface area contributed by atoms with E-state index in [1.54, 1.807) is 4.90 Å². The summed E-state index contributed by atoms with van der Waals surface area (Å²) in [5, 5.41) is 7.93. The van der Waals surface area contributed by atoms with E-state index in [4.69, 9.17) is 4.74 Å². The Morgan fingerprint density at radius 1 is 1.42 bits per heavy atom. The molecular formula is C11H16N4O4. The molecule has 3 aliphatic rings. The number of carbonyl (C=O) groups is 3. The molecule has 2 unspecified atom stereocenters. The highest BCUT2D eigenvalue weighted by molar-refractivity contribution is 6.07. The lowest BCUT2D eigenvalue weighted by Gasteiger charge is -2.28. The highest BCUT2D eigenvalue weighted by Gasteiger charge is 2.52. The summed E-state index contributed by atoms with van der Waals surface area (Å²) in [5.74, 6) is -0.478. The van der Waals surface area contributed by atoms with Crippen molar-refractivity contribution in [3.8, 4) is 0 Å². The Kier molecular flexibility index (Phi) is 2.90. The number of imide groups is 1. The first-order valence-corrected chi connectivity index (χ1v) is 6.35. The van der Waals surface area contributed by atoms with E-state index in [1.165, 1.54) is 0 Å². The third kappa shape index (κ3) is 2.06. The predicted octanol–water partition coefficient (Wildman–Crippen LogP) is -2.21. The molecule has 0 saturated carbocycles. The number of carbonyl (C=O) groups excluding carboxylic acids is 3. The van der Waals surface area contributed by atoms with Crippen LogP contribution in [0.2, 0.25) is 0 Å². The average Bonchev–Trinajstić information content (AvgIpc) is 2.95. The van der Waals surface area contributed by atoms with Crippen molar-refractivity contribution in [3.63, 3.8) is 0 Å². The first-order valence-electron chi connectivity index (χ1n) is 6.35. The van der Waals surface area contributed by atoms with E-state index in [1.807, 2.05) is 0 Å². The van der Waals surface area contributed by atoms with E-state index in [0.717, 1.165) is 6.54 Å². The molecule has 3 N–H and O–H groups in total. The molecule has 1 spiro atoms. The smallest absolute Gasteiger partial charge is 0.322 e. The van der Waals surface area contributed by atoms with Gasteiger partial charge >= 0.3 is 6.03 Å². The summed E-state index contributed by atoms with van der Waals surface area (Å²) in [7, 11) is 0. The number of rotatable bonds is 1. The van der Waals surface area contributed by atoms with E-state index in [2.05, 4.69) is 16.0 Å². The van der Waals surface area contributed by atoms with Gasteiger partial charge in [-0.15, -0.1) is 0 Å². The number of likely N-dealkylation sites (tertiary alicyclic amines) is 1. The minimum Gasteiger partial charge on any atom is -0.366 e. The molecule has 3 heterocycles. The number of hydrogen-bond donors (Lipinski definition) is 3. The number of nitrogens with one attached hydrogen (secondary N) is 3. The lowest BCUT2D eigenvalue weighted by Crippen LogP contribution is -2.53. The van der Waals surface area contributed by atoms with Crippen LogP contribution in [-0.4, -0.2) is 67.2 Å². The van der Waals surface area contributed by atoms with Crippen LogP contribution < -0.4 is 16.0 Å². The summed E-state index contributed by atoms with van der Waals surface area (Å²) in [6.45, 7) is 2.40. The largest absolute Gasteiger partial charge is 0.366 e. The van der Waals surface area contributed by atoms with Gasteiger partial charge in [-0.2, -0.15) is 0 Å². The highest BCUT2D eigenvalue weighted by Crippen LogP contribution is 2.25. The van der Waals surface area contributed by atoms with Gasteiger partial charge in [0.2, 0.25) is 0 Å². The predicted molar refractivity (Wildman–Crippen MR) is 63.2 cm³/mol. The van der Waals surface area contributed by atoms with Gasteiger partial charge in [-0.25, -0.2) is 4.79 Å². The van der Waals surface area contributed by atoms with Crippen molar-refractivity contribution in [1.29, 1.82) is 0 Å². The third-order valence-electron chi connectivity index (χ3n) is 3.80. The molecule has 0 aromatic rings. The zero-order valence-corrected chi connectivity index (χ0v) is 10.4. The number of nitrogens with zero attached hydrogens (tertiary/aromatic N) is 1. The molecule has 3 aliphatic heterocycles. The molecule has 3 rings (SSSR count). The van der Waals surface area contributed by atoms with Crippen LogP contribution in [0.1, 0.15) is 6.42 Å². The Morgan fingerprint density at radius 2 is 2.26 bits per heavy atom. The zero-order valence-electron chi connectivity index (χ0n) is 10.4. The van der Waals surface area contributed by atoms with Gasteiger partial charge in [0.1, 0.15) is 11.6 Å². The first kappa shape index (κ1) is 12.4. The molecule has 0 aliphatic carbocycles. The van der Waals surface area contributed by atoms with Gasteiger partial charge in [-0.1, -0.05) is 0 Å². The van der Waals surface area contributed by atoms with E-state index < -0.39 is 17.7 Å². The van der Waals surface area contributed by atoms with E-state index in [9.17, 15) is 14.4 Å². The van der Waals surface area contributed by atoms with Gasteiger partial charge in [-0.3, -0.25) is 14.9 Å². The maximum atomic E-state index is 12.2. The second-order valence-electron chi connectivity index (χ2n) is 5.06. The summed E-state index contributed by atoms with van der Waals surface area (Å²) in [4.78, 5) is 36.8. The van der Waals surface area contributed by atoms with Gasteiger partial charge in [0, 0.05) is 19.6 Å². The van der Waals surface area contributed by atoms with Crippen LogP contribution in [-0.2, 0) is 14.3 Å². The van der Waals surface area contributed by atoms with Crippen molar-refractivity contribution in [2.45, 2.75) is 18.1 Å². The molecule has 0 bridgehead atoms. The van der Waals surface area contributed by atoms with E-state index >= 15 is 0 Å². The van der Waals surface area contributed by atoms with Crippen LogP contribution in [0.15, 0.2) is 0 Å². The van der Waals surface area contributed by atoms with Crippen LogP contribution in [0, 0.1) is 0 Å². The van der Waals surface area contributed by atoms with Crippen LogP contribution in [0.4, 0.5) is 4.79 Å². The Balaban J connectivity index is 1.67. The summed E-state index contributed by atoms with van der Waals surface area (Å²) in [6.07, 6.45) is -0.0553. The van der Waals surface area contributed by atoms with Crippen molar-refractivity contribution in [2.75, 3.05) is 32.8 Å². The standard InChI is InChI=1S/C11H16N4O4/c16-8(7-5-12-2-4-19-7)15-3-1-11(6-15)9(17)13-10(18)14-11/h7,12H,1-6H2,(H2,13,14,17,18). The molecule has 8 heteroatoms. The summed E-state index contributed by atoms with van der Waals surface area (Å²) in [5.41, 5.74) is -0.950. The normalized spacial score (nSPS) is 34.5. The maximum Gasteiger partial charge on any atom is 0.322 e. The highest BCUT2D eigenvalue weighted by atomic mass is 16.5. The first-order chi connectivity index (χ1) is 9.11. The molecule has 0 radical (unpaired) electrons. The lowest BCUT2D eigenvalue weighted by atomic mass is 9.99. The van der Waals surface area contributed by atoms with Crippen molar-refractivity contribution < 1.29 is 19.1 Å². The topological polar surface area (TPSA) is 99.8 Å². The molecule has 0 aromatic carbocycles. The minimum atomic E-state index is -0.950. The molecule has 104 valence electrons. The fourth-order valence-electron chi connectivity index (χ4n) is 2.74. The molecule has 3 fully saturated rings.